The zero-order valence-electron chi connectivity index (χ0n) is 10.3. The Balaban J connectivity index is 2.15. The number of nitrogens with one attached hydrogen (secondary N) is 1. The predicted octanol–water partition coefficient (Wildman–Crippen LogP) is 1.69. The second-order valence-electron chi connectivity index (χ2n) is 4.53. The molecule has 1 amide bonds. The highest BCUT2D eigenvalue weighted by Crippen LogP contribution is 2.27. The van der Waals surface area contributed by atoms with Crippen LogP contribution in [0.3, 0.4) is 0 Å². The van der Waals surface area contributed by atoms with Crippen LogP contribution in [0, 0.1) is 0 Å². The maximum atomic E-state index is 11.4. The quantitative estimate of drug-likeness (QED) is 0.862. The van der Waals surface area contributed by atoms with E-state index < -0.39 is 0 Å². The van der Waals surface area contributed by atoms with E-state index in [0.29, 0.717) is 12.3 Å². The molecule has 0 spiro atoms. The molecule has 0 bridgehead atoms. The van der Waals surface area contributed by atoms with Gasteiger partial charge >= 0.3 is 0 Å². The average molecular weight is 234 g/mol. The first-order valence-electron chi connectivity index (χ1n) is 5.98. The van der Waals surface area contributed by atoms with Gasteiger partial charge in [-0.15, -0.1) is 0 Å². The number of carbonyl (C=O) groups is 1. The lowest BCUT2D eigenvalue weighted by Crippen LogP contribution is -2.43. The molecule has 1 atom stereocenters. The lowest BCUT2D eigenvalue weighted by atomic mass is 9.89. The molecular weight excluding hydrogens is 216 g/mol. The molecule has 4 nitrogen and oxygen atoms in total. The summed E-state index contributed by atoms with van der Waals surface area (Å²) in [5, 5.41) is 3.08. The Hall–Kier alpha value is -1.58. The Bertz CT molecular complexity index is 420. The van der Waals surface area contributed by atoms with E-state index in [1.54, 1.807) is 7.11 Å². The van der Waals surface area contributed by atoms with Gasteiger partial charge in [0.15, 0.2) is 0 Å². The third kappa shape index (κ3) is 2.57. The Kier molecular flexibility index (Phi) is 3.31. The minimum Gasteiger partial charge on any atom is -0.481 e. The van der Waals surface area contributed by atoms with E-state index in [2.05, 4.69) is 17.2 Å². The number of ether oxygens (including phenoxy) is 1. The van der Waals surface area contributed by atoms with Crippen LogP contribution in [0.1, 0.15) is 31.9 Å². The summed E-state index contributed by atoms with van der Waals surface area (Å²) in [6.45, 7) is 2.10. The van der Waals surface area contributed by atoms with Crippen LogP contribution >= 0.6 is 0 Å². The first-order valence-corrected chi connectivity index (χ1v) is 5.98. The van der Waals surface area contributed by atoms with Gasteiger partial charge in [-0.05, 0) is 18.9 Å². The molecule has 2 rings (SSSR count). The van der Waals surface area contributed by atoms with Gasteiger partial charge < -0.3 is 10.1 Å². The van der Waals surface area contributed by atoms with Crippen molar-refractivity contribution < 1.29 is 9.53 Å². The standard InChI is InChI=1S/C13H18N2O2/c1-3-13(8-7-11(16)15-13)9-10-5-4-6-12(14-10)17-2/h4-6H,3,7-9H2,1-2H3,(H,15,16). The van der Waals surface area contributed by atoms with Crippen LogP contribution in [0.5, 0.6) is 5.88 Å². The number of pyridine rings is 1. The minimum atomic E-state index is -0.115. The van der Waals surface area contributed by atoms with Gasteiger partial charge in [0.25, 0.3) is 0 Å². The van der Waals surface area contributed by atoms with Crippen LogP contribution < -0.4 is 10.1 Å². The first kappa shape index (κ1) is 11.9. The zero-order valence-corrected chi connectivity index (χ0v) is 10.3. The molecule has 1 aliphatic heterocycles. The van der Waals surface area contributed by atoms with Crippen molar-refractivity contribution in [1.82, 2.24) is 10.3 Å². The van der Waals surface area contributed by atoms with Gasteiger partial charge in [-0.3, -0.25) is 4.79 Å². The Labute approximate surface area is 101 Å². The number of nitrogens with zero attached hydrogens (tertiary/aromatic N) is 1. The summed E-state index contributed by atoms with van der Waals surface area (Å²) in [5.74, 6) is 0.771. The average Bonchev–Trinajstić information content (AvgIpc) is 2.72. The molecule has 92 valence electrons. The molecular formula is C13H18N2O2. The lowest BCUT2D eigenvalue weighted by molar-refractivity contribution is -0.119. The Morgan fingerprint density at radius 3 is 2.94 bits per heavy atom. The molecule has 1 saturated heterocycles. The minimum absolute atomic E-state index is 0.115. The highest BCUT2D eigenvalue weighted by Gasteiger charge is 2.36. The molecule has 1 aliphatic rings. The van der Waals surface area contributed by atoms with E-state index in [1.165, 1.54) is 0 Å². The van der Waals surface area contributed by atoms with Crippen LogP contribution in [-0.2, 0) is 11.2 Å². The number of methoxy groups -OCH3 is 1. The van der Waals surface area contributed by atoms with Gasteiger partial charge in [-0.1, -0.05) is 13.0 Å². The van der Waals surface area contributed by atoms with Crippen molar-refractivity contribution in [1.29, 1.82) is 0 Å². The number of hydrogen-bond acceptors (Lipinski definition) is 3. The van der Waals surface area contributed by atoms with E-state index in [1.807, 2.05) is 18.2 Å². The summed E-state index contributed by atoms with van der Waals surface area (Å²) in [6.07, 6.45) is 3.21. The van der Waals surface area contributed by atoms with E-state index in [0.717, 1.165) is 25.0 Å². The van der Waals surface area contributed by atoms with Crippen LogP contribution in [-0.4, -0.2) is 23.5 Å². The van der Waals surface area contributed by atoms with Crippen molar-refractivity contribution in [3.8, 4) is 5.88 Å². The van der Waals surface area contributed by atoms with E-state index >= 15 is 0 Å². The summed E-state index contributed by atoms with van der Waals surface area (Å²) in [7, 11) is 1.61. The third-order valence-electron chi connectivity index (χ3n) is 3.42. The van der Waals surface area contributed by atoms with E-state index in [-0.39, 0.29) is 11.4 Å². The monoisotopic (exact) mass is 234 g/mol. The molecule has 1 fully saturated rings. The summed E-state index contributed by atoms with van der Waals surface area (Å²) in [5.41, 5.74) is 0.851. The number of hydrogen-bond donors (Lipinski definition) is 1. The molecule has 0 aromatic carbocycles. The van der Waals surface area contributed by atoms with Crippen LogP contribution in [0.4, 0.5) is 0 Å². The van der Waals surface area contributed by atoms with Crippen molar-refractivity contribution >= 4 is 5.91 Å². The molecule has 17 heavy (non-hydrogen) atoms. The Morgan fingerprint density at radius 1 is 1.53 bits per heavy atom. The number of amides is 1. The van der Waals surface area contributed by atoms with Crippen LogP contribution in [0.2, 0.25) is 0 Å². The number of carbonyl (C=O) groups excluding carboxylic acids is 1. The fourth-order valence-electron chi connectivity index (χ4n) is 2.31. The van der Waals surface area contributed by atoms with Gasteiger partial charge in [-0.2, -0.15) is 0 Å². The fourth-order valence-corrected chi connectivity index (χ4v) is 2.31. The summed E-state index contributed by atoms with van der Waals surface area (Å²) in [4.78, 5) is 15.8. The van der Waals surface area contributed by atoms with Crippen LogP contribution in [0.15, 0.2) is 18.2 Å². The predicted molar refractivity (Wildman–Crippen MR) is 64.9 cm³/mol. The molecule has 0 aliphatic carbocycles. The molecule has 4 heteroatoms. The largest absolute Gasteiger partial charge is 0.481 e. The van der Waals surface area contributed by atoms with Crippen molar-refractivity contribution in [3.05, 3.63) is 23.9 Å². The molecule has 1 aromatic rings. The maximum Gasteiger partial charge on any atom is 0.220 e. The molecule has 1 N–H and O–H groups in total. The van der Waals surface area contributed by atoms with Crippen LogP contribution in [0.25, 0.3) is 0 Å². The molecule has 0 saturated carbocycles. The second kappa shape index (κ2) is 4.73. The lowest BCUT2D eigenvalue weighted by Gasteiger charge is -2.27. The molecule has 0 radical (unpaired) electrons. The second-order valence-corrected chi connectivity index (χ2v) is 4.53. The van der Waals surface area contributed by atoms with E-state index in [4.69, 9.17) is 4.74 Å². The van der Waals surface area contributed by atoms with Crippen molar-refractivity contribution in [2.75, 3.05) is 7.11 Å². The normalized spacial score (nSPS) is 23.5. The number of rotatable bonds is 4. The molecule has 1 aromatic heterocycles. The SMILES string of the molecule is CCC1(Cc2cccc(OC)n2)CCC(=O)N1. The van der Waals surface area contributed by atoms with Gasteiger partial charge in [-0.25, -0.2) is 4.98 Å². The highest BCUT2D eigenvalue weighted by atomic mass is 16.5. The summed E-state index contributed by atoms with van der Waals surface area (Å²) in [6, 6.07) is 5.74. The topological polar surface area (TPSA) is 51.2 Å². The molecule has 1 unspecified atom stereocenters. The summed E-state index contributed by atoms with van der Waals surface area (Å²) < 4.78 is 5.11. The van der Waals surface area contributed by atoms with Gasteiger partial charge in [0.2, 0.25) is 11.8 Å². The first-order chi connectivity index (χ1) is 8.17. The highest BCUT2D eigenvalue weighted by molar-refractivity contribution is 5.79. The van der Waals surface area contributed by atoms with Crippen molar-refractivity contribution in [2.24, 2.45) is 0 Å². The number of aromatic nitrogens is 1. The van der Waals surface area contributed by atoms with E-state index in [9.17, 15) is 4.79 Å². The summed E-state index contributed by atoms with van der Waals surface area (Å²) >= 11 is 0. The van der Waals surface area contributed by atoms with Gasteiger partial charge in [0.1, 0.15) is 0 Å². The smallest absolute Gasteiger partial charge is 0.220 e. The van der Waals surface area contributed by atoms with Gasteiger partial charge in [0.05, 0.1) is 7.11 Å². The fraction of sp³-hybridized carbons (Fsp3) is 0.538. The van der Waals surface area contributed by atoms with Crippen molar-refractivity contribution in [3.63, 3.8) is 0 Å². The third-order valence-corrected chi connectivity index (χ3v) is 3.42. The van der Waals surface area contributed by atoms with Gasteiger partial charge in [0, 0.05) is 30.1 Å². The van der Waals surface area contributed by atoms with Crippen molar-refractivity contribution in [2.45, 2.75) is 38.1 Å². The molecule has 2 heterocycles. The zero-order chi connectivity index (χ0) is 12.3. The maximum absolute atomic E-state index is 11.4. The Morgan fingerprint density at radius 2 is 2.35 bits per heavy atom.